The van der Waals surface area contributed by atoms with E-state index in [-0.39, 0.29) is 50.4 Å². The van der Waals surface area contributed by atoms with E-state index in [1.807, 2.05) is 61.5 Å². The first-order valence-electron chi connectivity index (χ1n) is 29.2. The van der Waals surface area contributed by atoms with Crippen molar-refractivity contribution in [3.05, 3.63) is 145 Å². The lowest BCUT2D eigenvalue weighted by Gasteiger charge is -2.37. The van der Waals surface area contributed by atoms with Gasteiger partial charge in [0.2, 0.25) is 11.8 Å². The van der Waals surface area contributed by atoms with Gasteiger partial charge in [0.15, 0.2) is 14.7 Å². The van der Waals surface area contributed by atoms with Crippen molar-refractivity contribution in [3.63, 3.8) is 0 Å². The molecule has 1 saturated heterocycles. The number of rotatable bonds is 15. The maximum Gasteiger partial charge on any atom is 0.494 e. The van der Waals surface area contributed by atoms with E-state index in [0.29, 0.717) is 52.3 Å². The zero-order valence-electron chi connectivity index (χ0n) is 53.4. The number of hydrogen-bond donors (Lipinski definition) is 1. The Hall–Kier alpha value is -5.80. The number of hydrogen-bond acceptors (Lipinski definition) is 13. The first-order chi connectivity index (χ1) is 41.2. The van der Waals surface area contributed by atoms with Gasteiger partial charge in [0, 0.05) is 71.4 Å². The van der Waals surface area contributed by atoms with Gasteiger partial charge in [-0.25, -0.2) is 18.0 Å². The highest BCUT2D eigenvalue weighted by Crippen LogP contribution is 2.68. The van der Waals surface area contributed by atoms with Crippen molar-refractivity contribution in [2.24, 2.45) is 33.5 Å². The molecule has 3 aliphatic heterocycles. The number of carbonyl (C=O) groups is 3. The number of aliphatic imine (C=N–C) groups is 2. The maximum atomic E-state index is 16.0. The standard InChI is InChI=1S/C33H52BFN2O6SSi.C24H22F2N4OS.C9H5FIN/c1-29(2,3)41-27(38)22(20-40-16-17-45(11,12)13)26-36-32(8,25-19-33(25,44-26)28(39)37(9)10)23-18-21(14-15-24(23)35)34-42-30(4,5)31(6,7)43-34;1-23(20-13-24(20,21(31)30(3)4)32-22(27)29-23)17-12-15(7-10-18(17)25)19(26)11-14-5-8-16(28-2)9-6-14;10-9(11)5-7-1-3-8(6-12)4-2-7/h14-15,18,22,25H,16-17,19-20H2,1-13H3;5-12,20H,13H2,1,3-4H3,(H2,27,29);1-5H/b;19-11-;9-5+/t22?,25-,32+,33-;20-,23+,24-;/m00./s1. The van der Waals surface area contributed by atoms with Crippen LogP contribution in [0.5, 0.6) is 0 Å². The molecule has 89 heavy (non-hydrogen) atoms. The van der Waals surface area contributed by atoms with E-state index < -0.39 is 81.9 Å². The Kier molecular flexibility index (Phi) is 21.3. The van der Waals surface area contributed by atoms with Crippen molar-refractivity contribution in [1.82, 2.24) is 9.80 Å². The van der Waals surface area contributed by atoms with E-state index in [9.17, 15) is 23.2 Å². The number of benzene rings is 4. The second-order valence-electron chi connectivity index (χ2n) is 26.9. The summed E-state index contributed by atoms with van der Waals surface area (Å²) in [5, 5.41) is 9.12. The quantitative estimate of drug-likeness (QED) is 0.0228. The maximum absolute atomic E-state index is 16.0. The molecule has 4 aromatic carbocycles. The molecule has 0 aromatic heterocycles. The summed E-state index contributed by atoms with van der Waals surface area (Å²) < 4.78 is 81.0. The predicted octanol–water partition coefficient (Wildman–Crippen LogP) is 13.9. The third-order valence-electron chi connectivity index (χ3n) is 16.7. The fraction of sp³-hybridized carbons (Fsp3) is 0.470. The van der Waals surface area contributed by atoms with Crippen LogP contribution in [0, 0.1) is 47.3 Å². The topological polar surface area (TPSA) is 174 Å². The van der Waals surface area contributed by atoms with Gasteiger partial charge >= 0.3 is 13.1 Å². The summed E-state index contributed by atoms with van der Waals surface area (Å²) in [4.78, 5) is 56.5. The minimum absolute atomic E-state index is 0.0641. The van der Waals surface area contributed by atoms with Gasteiger partial charge in [-0.15, -0.1) is 0 Å². The lowest BCUT2D eigenvalue weighted by atomic mass is 9.75. The number of ether oxygens (including phenoxy) is 2. The van der Waals surface area contributed by atoms with Gasteiger partial charge in [0.1, 0.15) is 38.5 Å². The van der Waals surface area contributed by atoms with Crippen molar-refractivity contribution in [3.8, 4) is 6.07 Å². The minimum Gasteiger partial charge on any atom is -0.459 e. The summed E-state index contributed by atoms with van der Waals surface area (Å²) in [6.07, 6.45) is 3.75. The van der Waals surface area contributed by atoms with Crippen LogP contribution in [0.2, 0.25) is 25.7 Å². The third-order valence-corrected chi connectivity index (χ3v) is 21.6. The molecule has 23 heteroatoms. The second-order valence-corrected chi connectivity index (χ2v) is 36.3. The molecule has 3 fully saturated rings. The Bertz CT molecular complexity index is 3570. The molecule has 5 aliphatic rings. The SMILES string of the molecule is CN(C)C(=O)[C@]12C[C@H]1[C@@](C)(c1cc(B3OC(C)(C)C(C)(C)O3)ccc1F)N=C(C(COCC[Si](C)(C)C)C(=O)OC(C)(C)C)S2.N#Cc1ccc(/C=C(\F)I)cc1.[C-]#[N+]c1ccc(/C=C(\F)c2ccc(F)c([C@@]3(C)N=C(N)S[C@@]4(C(=O)N(C)C)C[C@H]43)c2)cc1. The normalized spacial score (nSPS) is 25.1. The summed E-state index contributed by atoms with van der Waals surface area (Å²) in [5.41, 5.74) is 5.80. The van der Waals surface area contributed by atoms with E-state index in [0.717, 1.165) is 11.6 Å². The summed E-state index contributed by atoms with van der Waals surface area (Å²) in [7, 11) is 4.73. The number of nitriles is 1. The van der Waals surface area contributed by atoms with Gasteiger partial charge < -0.3 is 34.3 Å². The first-order valence-corrected chi connectivity index (χ1v) is 35.6. The van der Waals surface area contributed by atoms with E-state index in [1.54, 1.807) is 123 Å². The van der Waals surface area contributed by atoms with Crippen LogP contribution in [0.4, 0.5) is 23.2 Å². The zero-order valence-corrected chi connectivity index (χ0v) is 58.2. The predicted molar refractivity (Wildman–Crippen MR) is 361 cm³/mol. The molecule has 0 bridgehead atoms. The average molecular weight is 1390 g/mol. The fourth-order valence-corrected chi connectivity index (χ4v) is 15.4. The van der Waals surface area contributed by atoms with Crippen molar-refractivity contribution >= 4 is 118 Å². The molecule has 7 atom stereocenters. The highest BCUT2D eigenvalue weighted by atomic mass is 127. The molecule has 2 N–H and O–H groups in total. The van der Waals surface area contributed by atoms with Crippen LogP contribution in [-0.2, 0) is 44.2 Å². The van der Waals surface area contributed by atoms with Crippen LogP contribution in [0.15, 0.2) is 98.7 Å². The van der Waals surface area contributed by atoms with Crippen LogP contribution in [0.3, 0.4) is 0 Å². The van der Waals surface area contributed by atoms with Gasteiger partial charge in [-0.3, -0.25) is 24.4 Å². The van der Waals surface area contributed by atoms with Crippen molar-refractivity contribution < 1.29 is 50.7 Å². The van der Waals surface area contributed by atoms with Gasteiger partial charge in [-0.1, -0.05) is 91.7 Å². The number of fused-ring (bicyclic) bond motifs is 2. The van der Waals surface area contributed by atoms with Crippen molar-refractivity contribution in [2.45, 2.75) is 138 Å². The van der Waals surface area contributed by atoms with Crippen molar-refractivity contribution in [2.75, 3.05) is 41.4 Å². The Balaban J connectivity index is 0.000000221. The molecule has 9 rings (SSSR count). The van der Waals surface area contributed by atoms with Gasteiger partial charge in [0.05, 0.1) is 52.1 Å². The van der Waals surface area contributed by atoms with Crippen LogP contribution in [0.25, 0.3) is 22.8 Å². The van der Waals surface area contributed by atoms with Crippen LogP contribution in [-0.4, -0.2) is 121 Å². The Morgan fingerprint density at radius 3 is 1.83 bits per heavy atom. The van der Waals surface area contributed by atoms with Gasteiger partial charge in [-0.05, 0) is 169 Å². The summed E-state index contributed by atoms with van der Waals surface area (Å²) in [6, 6.07) is 25.0. The average Bonchev–Trinajstić information content (AvgIpc) is 1.53. The number of nitrogens with zero attached hydrogens (tertiary/aromatic N) is 6. The second kappa shape index (κ2) is 26.8. The molecule has 2 amide bonds. The number of halogens is 5. The van der Waals surface area contributed by atoms with Crippen molar-refractivity contribution in [1.29, 1.82) is 5.26 Å². The smallest absolute Gasteiger partial charge is 0.459 e. The van der Waals surface area contributed by atoms with E-state index in [2.05, 4.69) is 29.5 Å². The molecular formula is C66H79BF4IN7O7S2Si. The Morgan fingerprint density at radius 2 is 1.33 bits per heavy atom. The molecule has 0 radical (unpaired) electrons. The van der Waals surface area contributed by atoms with E-state index >= 15 is 8.78 Å². The number of amides is 2. The van der Waals surface area contributed by atoms with Gasteiger partial charge in [0.25, 0.3) is 0 Å². The summed E-state index contributed by atoms with van der Waals surface area (Å²) in [5.74, 6) is -3.54. The van der Waals surface area contributed by atoms with E-state index in [4.69, 9.17) is 41.3 Å². The van der Waals surface area contributed by atoms with E-state index in [1.165, 1.54) is 64.8 Å². The molecule has 4 aromatic rings. The molecule has 1 unspecified atom stereocenters. The van der Waals surface area contributed by atoms with Crippen LogP contribution in [0.1, 0.15) is 109 Å². The Labute approximate surface area is 545 Å². The van der Waals surface area contributed by atoms with Crippen LogP contribution >= 0.6 is 46.1 Å². The molecule has 14 nitrogen and oxygen atoms in total. The lowest BCUT2D eigenvalue weighted by Crippen LogP contribution is -2.46. The molecule has 3 heterocycles. The zero-order chi connectivity index (χ0) is 66.2. The van der Waals surface area contributed by atoms with Gasteiger partial charge in [-0.2, -0.15) is 9.65 Å². The number of amidine groups is 1. The summed E-state index contributed by atoms with van der Waals surface area (Å²) >= 11 is 4.14. The largest absolute Gasteiger partial charge is 0.494 e. The number of esters is 1. The molecule has 2 saturated carbocycles. The highest BCUT2D eigenvalue weighted by Gasteiger charge is 2.73. The summed E-state index contributed by atoms with van der Waals surface area (Å²) in [6.45, 7) is 31.4. The minimum atomic E-state index is -1.38. The number of nitrogens with two attached hydrogens (primary N) is 1. The Morgan fingerprint density at radius 1 is 0.820 bits per heavy atom. The fourth-order valence-electron chi connectivity index (χ4n) is 11.0. The molecule has 2 aliphatic carbocycles. The highest BCUT2D eigenvalue weighted by molar-refractivity contribution is 14.1. The third kappa shape index (κ3) is 15.9. The number of carbonyl (C=O) groups excluding carboxylic acids is 3. The molecule has 0 spiro atoms. The molecule has 474 valence electrons. The van der Waals surface area contributed by atoms with Crippen LogP contribution < -0.4 is 11.2 Å². The first kappa shape index (κ1) is 70.7. The number of thioether (sulfide) groups is 2. The molecular weight excluding hydrogens is 1310 g/mol. The monoisotopic (exact) mass is 1390 g/mol. The lowest BCUT2D eigenvalue weighted by molar-refractivity contribution is -0.159.